The van der Waals surface area contributed by atoms with Crippen LogP contribution in [0.1, 0.15) is 23.8 Å². The second-order valence-electron chi connectivity index (χ2n) is 5.40. The van der Waals surface area contributed by atoms with Gasteiger partial charge in [-0.05, 0) is 24.2 Å². The molecular weight excluding hydrogens is 314 g/mol. The molecule has 112 valence electrons. The summed E-state index contributed by atoms with van der Waals surface area (Å²) in [6.45, 7) is 1.71. The second-order valence-corrected chi connectivity index (χ2v) is 6.79. The summed E-state index contributed by atoms with van der Waals surface area (Å²) < 4.78 is 1.95. The lowest BCUT2D eigenvalue weighted by atomic mass is 9.80. The topological polar surface area (TPSA) is 60.0 Å². The fourth-order valence-corrected chi connectivity index (χ4v) is 4.20. The fraction of sp³-hybridized carbons (Fsp3) is 0.250. The highest BCUT2D eigenvalue weighted by Crippen LogP contribution is 2.42. The molecule has 6 heteroatoms. The molecule has 1 aliphatic rings. The molecule has 22 heavy (non-hydrogen) atoms. The number of nitrogens with one attached hydrogen (secondary N) is 2. The molecule has 0 aliphatic carbocycles. The van der Waals surface area contributed by atoms with Crippen molar-refractivity contribution in [2.75, 3.05) is 0 Å². The van der Waals surface area contributed by atoms with E-state index in [-0.39, 0.29) is 12.0 Å². The minimum atomic E-state index is -1.22. The van der Waals surface area contributed by atoms with E-state index in [0.29, 0.717) is 10.6 Å². The molecule has 1 fully saturated rings. The second kappa shape index (κ2) is 5.74. The Balaban J connectivity index is 2.20. The van der Waals surface area contributed by atoms with E-state index in [1.165, 1.54) is 0 Å². The largest absolute Gasteiger partial charge is 0.366 e. The number of aliphatic hydroxyl groups is 1. The van der Waals surface area contributed by atoms with E-state index in [1.54, 1.807) is 18.3 Å². The van der Waals surface area contributed by atoms with Crippen molar-refractivity contribution in [1.29, 1.82) is 5.41 Å². The number of aromatic nitrogens is 1. The minimum Gasteiger partial charge on any atom is -0.366 e. The monoisotopic (exact) mass is 330 g/mol. The van der Waals surface area contributed by atoms with Crippen molar-refractivity contribution >= 4 is 34.4 Å². The Kier molecular flexibility index (Phi) is 3.93. The maximum absolute atomic E-state index is 10.9. The minimum absolute atomic E-state index is 0.214. The Morgan fingerprint density at radius 1 is 1.36 bits per heavy atom. The van der Waals surface area contributed by atoms with Crippen LogP contribution in [-0.2, 0) is 0 Å². The summed E-state index contributed by atoms with van der Waals surface area (Å²) in [6.07, 6.45) is 3.83. The Hall–Kier alpha value is -1.85. The van der Waals surface area contributed by atoms with E-state index in [0.717, 1.165) is 4.88 Å². The lowest BCUT2D eigenvalue weighted by Crippen LogP contribution is -2.65. The molecule has 0 spiro atoms. The van der Waals surface area contributed by atoms with Gasteiger partial charge in [-0.3, -0.25) is 5.41 Å². The van der Waals surface area contributed by atoms with Gasteiger partial charge < -0.3 is 10.4 Å². The van der Waals surface area contributed by atoms with Crippen LogP contribution in [0.3, 0.4) is 0 Å². The van der Waals surface area contributed by atoms with Crippen molar-refractivity contribution in [3.63, 3.8) is 0 Å². The SMILES string of the molecule is CC1(O)NC(=S)C(=C=N)C(c2cccs2)C1[n+]1ccccc1. The lowest BCUT2D eigenvalue weighted by molar-refractivity contribution is -0.740. The van der Waals surface area contributed by atoms with Crippen molar-refractivity contribution in [2.45, 2.75) is 24.6 Å². The third kappa shape index (κ3) is 2.51. The van der Waals surface area contributed by atoms with E-state index in [4.69, 9.17) is 17.6 Å². The van der Waals surface area contributed by atoms with Gasteiger partial charge in [-0.25, -0.2) is 0 Å². The molecule has 2 aromatic rings. The number of pyridine rings is 1. The number of rotatable bonds is 2. The van der Waals surface area contributed by atoms with E-state index < -0.39 is 5.72 Å². The number of thiophene rings is 1. The van der Waals surface area contributed by atoms with Gasteiger partial charge in [0, 0.05) is 17.0 Å². The van der Waals surface area contributed by atoms with Gasteiger partial charge in [0.15, 0.2) is 18.1 Å². The van der Waals surface area contributed by atoms with Crippen LogP contribution in [0.25, 0.3) is 0 Å². The van der Waals surface area contributed by atoms with Gasteiger partial charge >= 0.3 is 0 Å². The third-order valence-corrected chi connectivity index (χ3v) is 5.14. The summed E-state index contributed by atoms with van der Waals surface area (Å²) in [5.74, 6) is 2.26. The molecule has 4 nitrogen and oxygen atoms in total. The number of piperidine rings is 1. The molecule has 0 amide bonds. The van der Waals surface area contributed by atoms with Crippen molar-refractivity contribution in [3.05, 3.63) is 58.6 Å². The van der Waals surface area contributed by atoms with Crippen molar-refractivity contribution < 1.29 is 9.67 Å². The molecular formula is C16H16N3OS2+. The first-order chi connectivity index (χ1) is 10.5. The lowest BCUT2D eigenvalue weighted by Gasteiger charge is -2.40. The van der Waals surface area contributed by atoms with Crippen LogP contribution in [0.4, 0.5) is 0 Å². The van der Waals surface area contributed by atoms with E-state index in [2.05, 4.69) is 11.2 Å². The Morgan fingerprint density at radius 2 is 2.09 bits per heavy atom. The van der Waals surface area contributed by atoms with Gasteiger partial charge in [0.2, 0.25) is 6.04 Å². The first-order valence-electron chi connectivity index (χ1n) is 6.88. The van der Waals surface area contributed by atoms with Gasteiger partial charge in [-0.2, -0.15) is 4.57 Å². The molecule has 0 aromatic carbocycles. The molecule has 3 atom stereocenters. The van der Waals surface area contributed by atoms with Gasteiger partial charge in [-0.15, -0.1) is 11.3 Å². The zero-order valence-electron chi connectivity index (χ0n) is 12.0. The van der Waals surface area contributed by atoms with Crippen LogP contribution >= 0.6 is 23.6 Å². The standard InChI is InChI=1S/C16H15N3OS2/c1-16(20)14(19-7-3-2-4-8-19)13(12-6-5-9-22-12)11(10-17)15(21)18-16/h2-9,13-14,17,20H,1H3/p+1. The Morgan fingerprint density at radius 3 is 2.68 bits per heavy atom. The van der Waals surface area contributed by atoms with Crippen LogP contribution in [0.5, 0.6) is 0 Å². The molecule has 3 unspecified atom stereocenters. The van der Waals surface area contributed by atoms with Crippen molar-refractivity contribution in [1.82, 2.24) is 5.32 Å². The normalized spacial score (nSPS) is 28.1. The molecule has 0 saturated carbocycles. The molecule has 1 aliphatic heterocycles. The van der Waals surface area contributed by atoms with E-state index >= 15 is 0 Å². The number of hydrogen-bond acceptors (Lipinski definition) is 4. The summed E-state index contributed by atoms with van der Waals surface area (Å²) in [5.41, 5.74) is -0.622. The number of nitrogens with zero attached hydrogens (tertiary/aromatic N) is 1. The first kappa shape index (κ1) is 15.1. The van der Waals surface area contributed by atoms with Gasteiger partial charge in [0.1, 0.15) is 4.99 Å². The predicted octanol–water partition coefficient (Wildman–Crippen LogP) is 2.17. The highest BCUT2D eigenvalue weighted by atomic mass is 32.1. The maximum Gasteiger partial charge on any atom is 0.217 e. The smallest absolute Gasteiger partial charge is 0.217 e. The summed E-state index contributed by atoms with van der Waals surface area (Å²) in [5, 5.41) is 23.5. The molecule has 0 radical (unpaired) electrons. The zero-order chi connectivity index (χ0) is 15.7. The summed E-state index contributed by atoms with van der Waals surface area (Å²) in [6, 6.07) is 9.41. The van der Waals surface area contributed by atoms with Crippen LogP contribution in [0, 0.1) is 5.41 Å². The van der Waals surface area contributed by atoms with Gasteiger partial charge in [-0.1, -0.05) is 24.4 Å². The van der Waals surface area contributed by atoms with Gasteiger partial charge in [0.25, 0.3) is 0 Å². The maximum atomic E-state index is 10.9. The predicted molar refractivity (Wildman–Crippen MR) is 90.3 cm³/mol. The summed E-state index contributed by atoms with van der Waals surface area (Å²) in [4.78, 5) is 1.44. The highest BCUT2D eigenvalue weighted by molar-refractivity contribution is 7.80. The van der Waals surface area contributed by atoms with E-state index in [1.807, 2.05) is 52.7 Å². The molecule has 3 rings (SSSR count). The van der Waals surface area contributed by atoms with Crippen molar-refractivity contribution in [2.24, 2.45) is 0 Å². The molecule has 1 saturated heterocycles. The molecule has 2 aromatic heterocycles. The first-order valence-corrected chi connectivity index (χ1v) is 8.17. The van der Waals surface area contributed by atoms with Crippen LogP contribution in [-0.4, -0.2) is 21.7 Å². The quantitative estimate of drug-likeness (QED) is 0.342. The van der Waals surface area contributed by atoms with Crippen LogP contribution < -0.4 is 9.88 Å². The average molecular weight is 330 g/mol. The Labute approximate surface area is 138 Å². The highest BCUT2D eigenvalue weighted by Gasteiger charge is 2.52. The van der Waals surface area contributed by atoms with Crippen molar-refractivity contribution in [3.8, 4) is 0 Å². The zero-order valence-corrected chi connectivity index (χ0v) is 13.6. The molecule has 3 N–H and O–H groups in total. The fourth-order valence-electron chi connectivity index (χ4n) is 2.96. The number of hydrogen-bond donors (Lipinski definition) is 3. The molecule has 3 heterocycles. The van der Waals surface area contributed by atoms with Gasteiger partial charge in [0.05, 0.1) is 11.5 Å². The third-order valence-electron chi connectivity index (χ3n) is 3.86. The summed E-state index contributed by atoms with van der Waals surface area (Å²) in [7, 11) is 0. The molecule has 0 bridgehead atoms. The Bertz CT molecular complexity index is 734. The van der Waals surface area contributed by atoms with Crippen LogP contribution in [0.15, 0.2) is 53.7 Å². The van der Waals surface area contributed by atoms with E-state index in [9.17, 15) is 5.11 Å². The van der Waals surface area contributed by atoms with Crippen LogP contribution in [0.2, 0.25) is 0 Å². The average Bonchev–Trinajstić information content (AvgIpc) is 3.00. The summed E-state index contributed by atoms with van der Waals surface area (Å²) >= 11 is 6.93. The number of thiocarbonyl (C=S) groups is 1.